The van der Waals surface area contributed by atoms with Gasteiger partial charge in [0.15, 0.2) is 0 Å². The lowest BCUT2D eigenvalue weighted by Gasteiger charge is -2.35. The van der Waals surface area contributed by atoms with Crippen LogP contribution in [0.3, 0.4) is 0 Å². The van der Waals surface area contributed by atoms with Crippen molar-refractivity contribution in [1.29, 1.82) is 0 Å². The van der Waals surface area contributed by atoms with E-state index in [1.807, 2.05) is 18.7 Å². The predicted octanol–water partition coefficient (Wildman–Crippen LogP) is 1.08. The fraction of sp³-hybridized carbons (Fsp3) is 0.684. The Morgan fingerprint density at radius 2 is 1.78 bits per heavy atom. The molecule has 0 aromatic carbocycles. The standard InChI is InChI=1S/C19H31N3O4S/c1-19(2,27)4-3-18(25)22-7-5-21(6-8-22)9-10-26-17-11-15(13-23)20-16(12-17)14-24/h11-12,23-24,27H,3-10,13-14H2,1-2H3. The molecule has 0 atom stereocenters. The van der Waals surface area contributed by atoms with Gasteiger partial charge in [-0.1, -0.05) is 13.8 Å². The number of amides is 1. The molecule has 2 rings (SSSR count). The maximum absolute atomic E-state index is 12.3. The average molecular weight is 398 g/mol. The minimum atomic E-state index is -0.190. The minimum Gasteiger partial charge on any atom is -0.492 e. The molecule has 0 radical (unpaired) electrons. The van der Waals surface area contributed by atoms with Gasteiger partial charge in [0, 0.05) is 56.0 Å². The molecule has 1 aromatic heterocycles. The fourth-order valence-corrected chi connectivity index (χ4v) is 3.06. The molecular weight excluding hydrogens is 366 g/mol. The molecule has 1 aliphatic heterocycles. The zero-order chi connectivity index (χ0) is 19.9. The molecule has 1 amide bonds. The van der Waals surface area contributed by atoms with Gasteiger partial charge < -0.3 is 19.8 Å². The second kappa shape index (κ2) is 10.3. The summed E-state index contributed by atoms with van der Waals surface area (Å²) in [4.78, 5) is 20.6. The van der Waals surface area contributed by atoms with Crippen LogP contribution in [0.4, 0.5) is 0 Å². The number of hydrogen-bond donors (Lipinski definition) is 3. The third kappa shape index (κ3) is 7.65. The Hall–Kier alpha value is -1.35. The van der Waals surface area contributed by atoms with Crippen LogP contribution in [0.25, 0.3) is 0 Å². The van der Waals surface area contributed by atoms with Gasteiger partial charge in [-0.3, -0.25) is 14.7 Å². The summed E-state index contributed by atoms with van der Waals surface area (Å²) in [6, 6.07) is 3.36. The molecule has 8 heteroatoms. The van der Waals surface area contributed by atoms with Crippen LogP contribution < -0.4 is 4.74 Å². The van der Waals surface area contributed by atoms with Crippen molar-refractivity contribution in [2.45, 2.75) is 44.6 Å². The lowest BCUT2D eigenvalue weighted by Crippen LogP contribution is -2.49. The first-order valence-electron chi connectivity index (χ1n) is 9.37. The van der Waals surface area contributed by atoms with Crippen molar-refractivity contribution in [1.82, 2.24) is 14.8 Å². The van der Waals surface area contributed by atoms with Gasteiger partial charge in [-0.2, -0.15) is 12.6 Å². The summed E-state index contributed by atoms with van der Waals surface area (Å²) in [5, 5.41) is 18.4. The number of ether oxygens (including phenoxy) is 1. The number of carbonyl (C=O) groups is 1. The number of nitrogens with zero attached hydrogens (tertiary/aromatic N) is 3. The topological polar surface area (TPSA) is 86.1 Å². The number of thiol groups is 1. The summed E-state index contributed by atoms with van der Waals surface area (Å²) >= 11 is 4.48. The molecule has 2 N–H and O–H groups in total. The molecule has 1 fully saturated rings. The predicted molar refractivity (Wildman–Crippen MR) is 107 cm³/mol. The van der Waals surface area contributed by atoms with E-state index in [0.29, 0.717) is 30.2 Å². The van der Waals surface area contributed by atoms with Crippen molar-refractivity contribution in [3.05, 3.63) is 23.5 Å². The van der Waals surface area contributed by atoms with Crippen molar-refractivity contribution in [2.24, 2.45) is 0 Å². The first-order chi connectivity index (χ1) is 12.8. The zero-order valence-corrected chi connectivity index (χ0v) is 17.1. The number of aromatic nitrogens is 1. The highest BCUT2D eigenvalue weighted by atomic mass is 32.1. The first-order valence-corrected chi connectivity index (χ1v) is 9.82. The minimum absolute atomic E-state index is 0.117. The summed E-state index contributed by atoms with van der Waals surface area (Å²) in [6.07, 6.45) is 1.32. The molecule has 1 aliphatic rings. The highest BCUT2D eigenvalue weighted by Crippen LogP contribution is 2.20. The van der Waals surface area contributed by atoms with E-state index in [-0.39, 0.29) is 23.9 Å². The molecule has 152 valence electrons. The Kier molecular flexibility index (Phi) is 8.34. The van der Waals surface area contributed by atoms with Crippen LogP contribution in [0.2, 0.25) is 0 Å². The molecule has 27 heavy (non-hydrogen) atoms. The van der Waals surface area contributed by atoms with Gasteiger partial charge in [0.1, 0.15) is 12.4 Å². The van der Waals surface area contributed by atoms with E-state index >= 15 is 0 Å². The molecule has 2 heterocycles. The Morgan fingerprint density at radius 3 is 2.30 bits per heavy atom. The van der Waals surface area contributed by atoms with Gasteiger partial charge in [0.2, 0.25) is 5.91 Å². The van der Waals surface area contributed by atoms with E-state index in [4.69, 9.17) is 4.74 Å². The number of piperazine rings is 1. The van der Waals surface area contributed by atoms with Crippen LogP contribution in [0.1, 0.15) is 38.1 Å². The van der Waals surface area contributed by atoms with Crippen molar-refractivity contribution >= 4 is 18.5 Å². The molecular formula is C19H31N3O4S. The maximum Gasteiger partial charge on any atom is 0.222 e. The van der Waals surface area contributed by atoms with Gasteiger partial charge in [0.25, 0.3) is 0 Å². The number of carbonyl (C=O) groups excluding carboxylic acids is 1. The molecule has 0 spiro atoms. The SMILES string of the molecule is CC(C)(S)CCC(=O)N1CCN(CCOc2cc(CO)nc(CO)c2)CC1. The average Bonchev–Trinajstić information content (AvgIpc) is 2.65. The second-order valence-corrected chi connectivity index (χ2v) is 8.70. The first kappa shape index (κ1) is 21.9. The van der Waals surface area contributed by atoms with Crippen LogP contribution in [-0.2, 0) is 18.0 Å². The molecule has 1 aromatic rings. The van der Waals surface area contributed by atoms with Gasteiger partial charge in [-0.15, -0.1) is 0 Å². The van der Waals surface area contributed by atoms with Crippen molar-refractivity contribution < 1.29 is 19.7 Å². The quantitative estimate of drug-likeness (QED) is 0.541. The summed E-state index contributed by atoms with van der Waals surface area (Å²) in [7, 11) is 0. The van der Waals surface area contributed by atoms with E-state index in [2.05, 4.69) is 22.5 Å². The highest BCUT2D eigenvalue weighted by molar-refractivity contribution is 7.81. The van der Waals surface area contributed by atoms with Gasteiger partial charge in [0.05, 0.1) is 24.6 Å². The van der Waals surface area contributed by atoms with Crippen molar-refractivity contribution in [2.75, 3.05) is 39.3 Å². The lowest BCUT2D eigenvalue weighted by molar-refractivity contribution is -0.133. The second-order valence-electron chi connectivity index (χ2n) is 7.49. The Balaban J connectivity index is 1.71. The van der Waals surface area contributed by atoms with Crippen LogP contribution in [0.15, 0.2) is 12.1 Å². The van der Waals surface area contributed by atoms with E-state index in [1.165, 1.54) is 0 Å². The Morgan fingerprint density at radius 1 is 1.19 bits per heavy atom. The zero-order valence-electron chi connectivity index (χ0n) is 16.2. The third-order valence-corrected chi connectivity index (χ3v) is 4.80. The molecule has 7 nitrogen and oxygen atoms in total. The largest absolute Gasteiger partial charge is 0.492 e. The van der Waals surface area contributed by atoms with Crippen LogP contribution in [0, 0.1) is 0 Å². The van der Waals surface area contributed by atoms with Gasteiger partial charge in [-0.05, 0) is 6.42 Å². The van der Waals surface area contributed by atoms with Crippen LogP contribution in [0.5, 0.6) is 5.75 Å². The summed E-state index contributed by atoms with van der Waals surface area (Å²) < 4.78 is 5.63. The summed E-state index contributed by atoms with van der Waals surface area (Å²) in [5.41, 5.74) is 0.959. The van der Waals surface area contributed by atoms with Crippen molar-refractivity contribution in [3.63, 3.8) is 0 Å². The number of aliphatic hydroxyl groups is 2. The van der Waals surface area contributed by atoms with Crippen LogP contribution in [-0.4, -0.2) is 75.0 Å². The molecule has 1 saturated heterocycles. The van der Waals surface area contributed by atoms with E-state index < -0.39 is 0 Å². The number of pyridine rings is 1. The van der Waals surface area contributed by atoms with E-state index in [1.54, 1.807) is 12.1 Å². The molecule has 0 aliphatic carbocycles. The highest BCUT2D eigenvalue weighted by Gasteiger charge is 2.22. The summed E-state index contributed by atoms with van der Waals surface area (Å²) in [6.45, 7) is 8.08. The van der Waals surface area contributed by atoms with E-state index in [9.17, 15) is 15.0 Å². The monoisotopic (exact) mass is 397 g/mol. The van der Waals surface area contributed by atoms with Crippen LogP contribution >= 0.6 is 12.6 Å². The molecule has 0 saturated carbocycles. The smallest absolute Gasteiger partial charge is 0.222 e. The normalized spacial score (nSPS) is 15.8. The number of rotatable bonds is 9. The third-order valence-electron chi connectivity index (χ3n) is 4.58. The molecule has 0 bridgehead atoms. The number of hydrogen-bond acceptors (Lipinski definition) is 7. The maximum atomic E-state index is 12.3. The summed E-state index contributed by atoms with van der Waals surface area (Å²) in [5.74, 6) is 0.805. The fourth-order valence-electron chi connectivity index (χ4n) is 2.95. The van der Waals surface area contributed by atoms with Gasteiger partial charge >= 0.3 is 0 Å². The molecule has 0 unspecified atom stereocenters. The Bertz CT molecular complexity index is 591. The Labute approximate surface area is 166 Å². The van der Waals surface area contributed by atoms with Gasteiger partial charge in [-0.25, -0.2) is 0 Å². The van der Waals surface area contributed by atoms with E-state index in [0.717, 1.165) is 39.1 Å². The number of aliphatic hydroxyl groups excluding tert-OH is 2. The lowest BCUT2D eigenvalue weighted by atomic mass is 10.1. The van der Waals surface area contributed by atoms with Crippen molar-refractivity contribution in [3.8, 4) is 5.75 Å².